The van der Waals surface area contributed by atoms with Crippen molar-refractivity contribution < 1.29 is 44.3 Å². The van der Waals surface area contributed by atoms with Gasteiger partial charge in [0.25, 0.3) is 11.5 Å². The molecule has 0 fully saturated rings. The minimum Gasteiger partial charge on any atom is -0.550 e. The molecule has 0 N–H and O–H groups in total. The molecule has 238 valence electrons. The standard InChI is InChI=1S/C37H49ClN2O4.Na/c1-3-40(29-23-18-17-19-24-29)37(44)35-30(34-31(38)26-22-27-32(34)39(2)36(35)43)25-20-15-13-11-9-7-5-4-6-8-10-12-14-16-21-28-33(41)42;/h4,6,17-19,22-24,26-27H,3,5,7-16,20-21,25,28H2,1-2H3,(H,41,42);/q;+1/p-1/b6-4-;. The Bertz CT molecular complexity index is 1440. The molecule has 8 heteroatoms. The van der Waals surface area contributed by atoms with Gasteiger partial charge in [0.05, 0.1) is 10.5 Å². The van der Waals surface area contributed by atoms with E-state index in [1.54, 1.807) is 16.5 Å². The van der Waals surface area contributed by atoms with E-state index in [9.17, 15) is 19.5 Å². The largest absolute Gasteiger partial charge is 1.00 e. The number of fused-ring (bicyclic) bond motifs is 1. The molecule has 1 amide bonds. The average Bonchev–Trinajstić information content (AvgIpc) is 3.01. The van der Waals surface area contributed by atoms with Gasteiger partial charge in [-0.25, -0.2) is 0 Å². The van der Waals surface area contributed by atoms with Gasteiger partial charge in [-0.15, -0.1) is 0 Å². The first-order chi connectivity index (χ1) is 21.4. The molecule has 0 aliphatic rings. The van der Waals surface area contributed by atoms with Crippen molar-refractivity contribution in [3.05, 3.63) is 87.2 Å². The van der Waals surface area contributed by atoms with Gasteiger partial charge >= 0.3 is 29.6 Å². The van der Waals surface area contributed by atoms with Gasteiger partial charge in [0.15, 0.2) is 0 Å². The summed E-state index contributed by atoms with van der Waals surface area (Å²) in [5.41, 5.74) is 2.22. The first-order valence-electron chi connectivity index (χ1n) is 16.4. The molecule has 0 spiro atoms. The Labute approximate surface area is 296 Å². The predicted molar refractivity (Wildman–Crippen MR) is 180 cm³/mol. The maximum atomic E-state index is 14.0. The molecule has 0 atom stereocenters. The number of aryl methyl sites for hydroxylation is 2. The van der Waals surface area contributed by atoms with Crippen LogP contribution >= 0.6 is 11.6 Å². The minimum atomic E-state index is -0.947. The molecule has 0 unspecified atom stereocenters. The number of nitrogens with zero attached hydrogens (tertiary/aromatic N) is 2. The number of rotatable bonds is 20. The summed E-state index contributed by atoms with van der Waals surface area (Å²) in [7, 11) is 1.71. The Kier molecular flexibility index (Phi) is 18.5. The molecule has 6 nitrogen and oxygen atoms in total. The maximum absolute atomic E-state index is 14.0. The van der Waals surface area contributed by atoms with Crippen LogP contribution < -0.4 is 45.1 Å². The molecule has 0 saturated heterocycles. The Morgan fingerprint density at radius 3 is 2.00 bits per heavy atom. The van der Waals surface area contributed by atoms with Crippen LogP contribution in [-0.4, -0.2) is 23.0 Å². The van der Waals surface area contributed by atoms with Crippen molar-refractivity contribution in [3.8, 4) is 0 Å². The molecule has 0 aliphatic carbocycles. The Balaban J connectivity index is 0.00000705. The van der Waals surface area contributed by atoms with E-state index in [4.69, 9.17) is 11.6 Å². The predicted octanol–water partition coefficient (Wildman–Crippen LogP) is 5.17. The van der Waals surface area contributed by atoms with Crippen molar-refractivity contribution in [2.75, 3.05) is 11.4 Å². The van der Waals surface area contributed by atoms with Crippen molar-refractivity contribution in [3.63, 3.8) is 0 Å². The summed E-state index contributed by atoms with van der Waals surface area (Å²) in [6.45, 7) is 2.38. The number of carboxylic acid groups (broad SMARTS) is 1. The quantitative estimate of drug-likeness (QED) is 0.0967. The first-order valence-corrected chi connectivity index (χ1v) is 16.8. The third-order valence-electron chi connectivity index (χ3n) is 8.28. The maximum Gasteiger partial charge on any atom is 1.00 e. The molecule has 0 saturated carbocycles. The number of aliphatic carboxylic acids is 1. The van der Waals surface area contributed by atoms with Crippen LogP contribution in [0.1, 0.15) is 113 Å². The number of unbranched alkanes of at least 4 members (excludes halogenated alkanes) is 11. The normalized spacial score (nSPS) is 11.2. The number of hydrogen-bond acceptors (Lipinski definition) is 4. The molecule has 0 bridgehead atoms. The third kappa shape index (κ3) is 12.1. The van der Waals surface area contributed by atoms with Gasteiger partial charge in [0.1, 0.15) is 5.56 Å². The van der Waals surface area contributed by atoms with E-state index >= 15 is 0 Å². The van der Waals surface area contributed by atoms with E-state index < -0.39 is 5.97 Å². The van der Waals surface area contributed by atoms with Gasteiger partial charge in [0.2, 0.25) is 0 Å². The van der Waals surface area contributed by atoms with Crippen LogP contribution in [0, 0.1) is 0 Å². The molecule has 0 aliphatic heterocycles. The molecule has 45 heavy (non-hydrogen) atoms. The number of benzene rings is 2. The van der Waals surface area contributed by atoms with Gasteiger partial charge < -0.3 is 19.4 Å². The summed E-state index contributed by atoms with van der Waals surface area (Å²) in [5, 5.41) is 11.8. The Morgan fingerprint density at radius 1 is 0.822 bits per heavy atom. The summed E-state index contributed by atoms with van der Waals surface area (Å²) in [6, 6.07) is 15.1. The SMILES string of the molecule is CCN(C(=O)c1c(CCCCCCCC/C=C\CCCCCCCC(=O)[O-])c2c(Cl)cccc2n(C)c1=O)c1ccccc1.[Na+]. The number of allylic oxidation sites excluding steroid dienone is 2. The van der Waals surface area contributed by atoms with Gasteiger partial charge in [0, 0.05) is 30.6 Å². The van der Waals surface area contributed by atoms with Gasteiger partial charge in [-0.2, -0.15) is 0 Å². The number of halogens is 1. The van der Waals surface area contributed by atoms with Crippen LogP contribution in [-0.2, 0) is 18.3 Å². The van der Waals surface area contributed by atoms with Crippen LogP contribution in [0.25, 0.3) is 10.9 Å². The number of aromatic nitrogens is 1. The van der Waals surface area contributed by atoms with E-state index in [-0.39, 0.29) is 53.0 Å². The van der Waals surface area contributed by atoms with Crippen molar-refractivity contribution in [1.82, 2.24) is 4.57 Å². The Morgan fingerprint density at radius 2 is 1.40 bits per heavy atom. The van der Waals surface area contributed by atoms with Crippen molar-refractivity contribution in [1.29, 1.82) is 0 Å². The van der Waals surface area contributed by atoms with E-state index in [1.165, 1.54) is 19.3 Å². The average molecular weight is 643 g/mol. The summed E-state index contributed by atoms with van der Waals surface area (Å²) in [4.78, 5) is 39.7. The molecule has 3 rings (SSSR count). The van der Waals surface area contributed by atoms with Crippen LogP contribution in [0.15, 0.2) is 65.5 Å². The molecule has 1 heterocycles. The van der Waals surface area contributed by atoms with Crippen LogP contribution in [0.5, 0.6) is 0 Å². The fourth-order valence-electron chi connectivity index (χ4n) is 5.85. The van der Waals surface area contributed by atoms with E-state index in [2.05, 4.69) is 12.2 Å². The number of pyridine rings is 1. The molecular weight excluding hydrogens is 595 g/mol. The summed E-state index contributed by atoms with van der Waals surface area (Å²) in [6.07, 6.45) is 19.2. The minimum absolute atomic E-state index is 0. The van der Waals surface area contributed by atoms with Gasteiger partial charge in [-0.1, -0.05) is 93.0 Å². The topological polar surface area (TPSA) is 82.4 Å². The molecule has 1 aromatic heterocycles. The number of carbonyl (C=O) groups excluding carboxylic acids is 2. The number of carboxylic acids is 1. The van der Waals surface area contributed by atoms with Crippen molar-refractivity contribution >= 4 is 40.1 Å². The number of para-hydroxylation sites is 1. The second-order valence-electron chi connectivity index (χ2n) is 11.5. The molecular formula is C37H48ClN2NaO4. The number of carbonyl (C=O) groups is 2. The fraction of sp³-hybridized carbons (Fsp3) is 0.486. The number of anilines is 1. The Hall–Kier alpha value is -2.38. The number of hydrogen-bond donors (Lipinski definition) is 0. The summed E-state index contributed by atoms with van der Waals surface area (Å²) in [5.74, 6) is -1.23. The summed E-state index contributed by atoms with van der Waals surface area (Å²) >= 11 is 6.71. The second-order valence-corrected chi connectivity index (χ2v) is 12.0. The van der Waals surface area contributed by atoms with Crippen LogP contribution in [0.2, 0.25) is 5.02 Å². The van der Waals surface area contributed by atoms with E-state index in [0.29, 0.717) is 18.0 Å². The monoisotopic (exact) mass is 642 g/mol. The van der Waals surface area contributed by atoms with E-state index in [1.807, 2.05) is 55.5 Å². The van der Waals surface area contributed by atoms with E-state index in [0.717, 1.165) is 86.4 Å². The zero-order chi connectivity index (χ0) is 31.7. The number of amides is 1. The fourth-order valence-corrected chi connectivity index (χ4v) is 6.13. The van der Waals surface area contributed by atoms with Gasteiger partial charge in [-0.05, 0) is 88.1 Å². The first kappa shape index (κ1) is 38.8. The zero-order valence-electron chi connectivity index (χ0n) is 27.5. The van der Waals surface area contributed by atoms with Gasteiger partial charge in [-0.3, -0.25) is 9.59 Å². The van der Waals surface area contributed by atoms with Crippen molar-refractivity contribution in [2.45, 2.75) is 103 Å². The molecule has 2 aromatic carbocycles. The molecule has 0 radical (unpaired) electrons. The van der Waals surface area contributed by atoms with Crippen LogP contribution in [0.4, 0.5) is 5.69 Å². The second kappa shape index (κ2) is 21.4. The smallest absolute Gasteiger partial charge is 0.550 e. The zero-order valence-corrected chi connectivity index (χ0v) is 30.2. The summed E-state index contributed by atoms with van der Waals surface area (Å²) < 4.78 is 1.55. The van der Waals surface area contributed by atoms with Crippen LogP contribution in [0.3, 0.4) is 0 Å². The third-order valence-corrected chi connectivity index (χ3v) is 8.60. The van der Waals surface area contributed by atoms with Crippen molar-refractivity contribution in [2.24, 2.45) is 7.05 Å². The molecule has 3 aromatic rings.